The van der Waals surface area contributed by atoms with Crippen LogP contribution in [0.15, 0.2) is 34.1 Å². The maximum absolute atomic E-state index is 4.60. The SMILES string of the molecule is Cc1ccc2sc(NCc3ccc(Br)s3)nc2c1. The summed E-state index contributed by atoms with van der Waals surface area (Å²) >= 11 is 6.92. The summed E-state index contributed by atoms with van der Waals surface area (Å²) in [6.45, 7) is 2.92. The molecule has 2 nitrogen and oxygen atoms in total. The van der Waals surface area contributed by atoms with Gasteiger partial charge in [0.2, 0.25) is 0 Å². The van der Waals surface area contributed by atoms with Crippen LogP contribution in [0, 0.1) is 6.92 Å². The largest absolute Gasteiger partial charge is 0.357 e. The normalized spacial score (nSPS) is 11.0. The second-order valence-electron chi connectivity index (χ2n) is 4.05. The third-order valence-electron chi connectivity index (χ3n) is 2.59. The first kappa shape index (κ1) is 12.1. The molecule has 0 unspecified atom stereocenters. The number of thiophene rings is 1. The van der Waals surface area contributed by atoms with E-state index in [4.69, 9.17) is 0 Å². The predicted octanol–water partition coefficient (Wildman–Crippen LogP) is 5.04. The van der Waals surface area contributed by atoms with E-state index in [0.717, 1.165) is 17.2 Å². The van der Waals surface area contributed by atoms with Gasteiger partial charge in [0, 0.05) is 4.88 Å². The molecule has 0 aliphatic rings. The van der Waals surface area contributed by atoms with Gasteiger partial charge in [-0.3, -0.25) is 0 Å². The Morgan fingerprint density at radius 2 is 2.11 bits per heavy atom. The summed E-state index contributed by atoms with van der Waals surface area (Å²) in [5.41, 5.74) is 2.33. The van der Waals surface area contributed by atoms with Crippen LogP contribution in [-0.4, -0.2) is 4.98 Å². The van der Waals surface area contributed by atoms with Crippen molar-refractivity contribution in [3.63, 3.8) is 0 Å². The number of fused-ring (bicyclic) bond motifs is 1. The molecule has 1 N–H and O–H groups in total. The first-order valence-corrected chi connectivity index (χ1v) is 7.98. The Morgan fingerprint density at radius 3 is 2.89 bits per heavy atom. The number of halogens is 1. The number of aromatic nitrogens is 1. The van der Waals surface area contributed by atoms with Crippen LogP contribution in [0.2, 0.25) is 0 Å². The maximum atomic E-state index is 4.60. The monoisotopic (exact) mass is 338 g/mol. The van der Waals surface area contributed by atoms with Gasteiger partial charge in [-0.15, -0.1) is 11.3 Å². The third kappa shape index (κ3) is 2.58. The molecule has 0 saturated carbocycles. The van der Waals surface area contributed by atoms with Gasteiger partial charge in [-0.2, -0.15) is 0 Å². The van der Waals surface area contributed by atoms with Crippen molar-refractivity contribution in [1.29, 1.82) is 0 Å². The highest BCUT2D eigenvalue weighted by Crippen LogP contribution is 2.28. The van der Waals surface area contributed by atoms with E-state index in [2.05, 4.69) is 63.5 Å². The zero-order chi connectivity index (χ0) is 12.5. The van der Waals surface area contributed by atoms with Gasteiger partial charge in [0.25, 0.3) is 0 Å². The van der Waals surface area contributed by atoms with Crippen LogP contribution in [0.4, 0.5) is 5.13 Å². The van der Waals surface area contributed by atoms with Crippen molar-refractivity contribution in [2.45, 2.75) is 13.5 Å². The molecule has 18 heavy (non-hydrogen) atoms. The van der Waals surface area contributed by atoms with E-state index in [1.807, 2.05) is 0 Å². The molecular formula is C13H11BrN2S2. The molecule has 0 amide bonds. The van der Waals surface area contributed by atoms with Crippen LogP contribution in [0.1, 0.15) is 10.4 Å². The number of rotatable bonds is 3. The second-order valence-corrected chi connectivity index (χ2v) is 7.63. The molecule has 0 aliphatic carbocycles. The summed E-state index contributed by atoms with van der Waals surface area (Å²) < 4.78 is 2.40. The topological polar surface area (TPSA) is 24.9 Å². The van der Waals surface area contributed by atoms with Gasteiger partial charge in [-0.25, -0.2) is 4.98 Å². The Morgan fingerprint density at radius 1 is 1.22 bits per heavy atom. The Labute approximate surface area is 122 Å². The number of hydrogen-bond acceptors (Lipinski definition) is 4. The maximum Gasteiger partial charge on any atom is 0.184 e. The number of hydrogen-bond donors (Lipinski definition) is 1. The van der Waals surface area contributed by atoms with Crippen molar-refractivity contribution in [3.05, 3.63) is 44.6 Å². The molecule has 2 aromatic heterocycles. The van der Waals surface area contributed by atoms with Crippen LogP contribution in [0.25, 0.3) is 10.2 Å². The lowest BCUT2D eigenvalue weighted by Gasteiger charge is -1.98. The Kier molecular flexibility index (Phi) is 3.37. The molecule has 3 aromatic rings. The molecule has 0 bridgehead atoms. The Balaban J connectivity index is 1.78. The minimum atomic E-state index is 0.828. The zero-order valence-corrected chi connectivity index (χ0v) is 13.0. The van der Waals surface area contributed by atoms with Gasteiger partial charge < -0.3 is 5.32 Å². The van der Waals surface area contributed by atoms with Crippen molar-refractivity contribution in [2.75, 3.05) is 5.32 Å². The van der Waals surface area contributed by atoms with Crippen LogP contribution >= 0.6 is 38.6 Å². The minimum absolute atomic E-state index is 0.828. The molecule has 1 aromatic carbocycles. The molecular weight excluding hydrogens is 328 g/mol. The third-order valence-corrected chi connectivity index (χ3v) is 5.20. The summed E-state index contributed by atoms with van der Waals surface area (Å²) in [7, 11) is 0. The zero-order valence-electron chi connectivity index (χ0n) is 9.74. The van der Waals surface area contributed by atoms with E-state index < -0.39 is 0 Å². The fraction of sp³-hybridized carbons (Fsp3) is 0.154. The molecule has 2 heterocycles. The fourth-order valence-corrected chi connectivity index (χ4v) is 3.99. The van der Waals surface area contributed by atoms with Gasteiger partial charge in [0.15, 0.2) is 5.13 Å². The lowest BCUT2D eigenvalue weighted by molar-refractivity contribution is 1.18. The molecule has 5 heteroatoms. The highest BCUT2D eigenvalue weighted by atomic mass is 79.9. The molecule has 0 spiro atoms. The van der Waals surface area contributed by atoms with Crippen molar-refractivity contribution in [3.8, 4) is 0 Å². The van der Waals surface area contributed by atoms with E-state index in [1.54, 1.807) is 22.7 Å². The number of nitrogens with zero attached hydrogens (tertiary/aromatic N) is 1. The molecule has 0 radical (unpaired) electrons. The Bertz CT molecular complexity index is 687. The van der Waals surface area contributed by atoms with Crippen molar-refractivity contribution >= 4 is 54.0 Å². The highest BCUT2D eigenvalue weighted by molar-refractivity contribution is 9.11. The van der Waals surface area contributed by atoms with E-state index >= 15 is 0 Å². The van der Waals surface area contributed by atoms with Gasteiger partial charge in [-0.05, 0) is 52.7 Å². The first-order chi connectivity index (χ1) is 8.70. The molecule has 92 valence electrons. The molecule has 0 aliphatic heterocycles. The van der Waals surface area contributed by atoms with Crippen molar-refractivity contribution in [2.24, 2.45) is 0 Å². The number of benzene rings is 1. The van der Waals surface area contributed by atoms with Crippen LogP contribution in [0.3, 0.4) is 0 Å². The quantitative estimate of drug-likeness (QED) is 0.723. The second kappa shape index (κ2) is 4.99. The number of nitrogens with one attached hydrogen (secondary N) is 1. The summed E-state index contributed by atoms with van der Waals surface area (Å²) in [6, 6.07) is 10.6. The van der Waals surface area contributed by atoms with E-state index in [9.17, 15) is 0 Å². The van der Waals surface area contributed by atoms with E-state index in [0.29, 0.717) is 0 Å². The standard InChI is InChI=1S/C13H11BrN2S2/c1-8-2-4-11-10(6-8)16-13(18-11)15-7-9-3-5-12(14)17-9/h2-6H,7H2,1H3,(H,15,16). The van der Waals surface area contributed by atoms with Gasteiger partial charge in [0.1, 0.15) is 0 Å². The predicted molar refractivity (Wildman–Crippen MR) is 83.7 cm³/mol. The average Bonchev–Trinajstić information content (AvgIpc) is 2.92. The minimum Gasteiger partial charge on any atom is -0.357 e. The van der Waals surface area contributed by atoms with Crippen LogP contribution in [-0.2, 0) is 6.54 Å². The van der Waals surface area contributed by atoms with Crippen molar-refractivity contribution < 1.29 is 0 Å². The van der Waals surface area contributed by atoms with Crippen LogP contribution in [0.5, 0.6) is 0 Å². The highest BCUT2D eigenvalue weighted by Gasteiger charge is 2.04. The Hall–Kier alpha value is -0.910. The van der Waals surface area contributed by atoms with E-state index in [-0.39, 0.29) is 0 Å². The molecule has 0 saturated heterocycles. The molecule has 0 atom stereocenters. The fourth-order valence-electron chi connectivity index (χ4n) is 1.72. The number of anilines is 1. The average molecular weight is 339 g/mol. The van der Waals surface area contributed by atoms with Crippen LogP contribution < -0.4 is 5.32 Å². The lowest BCUT2D eigenvalue weighted by atomic mass is 10.2. The lowest BCUT2D eigenvalue weighted by Crippen LogP contribution is -1.95. The first-order valence-electron chi connectivity index (χ1n) is 5.56. The molecule has 0 fully saturated rings. The summed E-state index contributed by atoms with van der Waals surface area (Å²) in [4.78, 5) is 5.90. The molecule has 3 rings (SSSR count). The van der Waals surface area contributed by atoms with Crippen molar-refractivity contribution in [1.82, 2.24) is 4.98 Å². The number of thiazole rings is 1. The number of aryl methyl sites for hydroxylation is 1. The smallest absolute Gasteiger partial charge is 0.184 e. The van der Waals surface area contributed by atoms with E-state index in [1.165, 1.54) is 18.9 Å². The van der Waals surface area contributed by atoms with Gasteiger partial charge >= 0.3 is 0 Å². The van der Waals surface area contributed by atoms with Gasteiger partial charge in [-0.1, -0.05) is 17.4 Å². The van der Waals surface area contributed by atoms with Gasteiger partial charge in [0.05, 0.1) is 20.5 Å². The summed E-state index contributed by atoms with van der Waals surface area (Å²) in [5.74, 6) is 0. The summed E-state index contributed by atoms with van der Waals surface area (Å²) in [6.07, 6.45) is 0. The summed E-state index contributed by atoms with van der Waals surface area (Å²) in [5, 5.41) is 4.37.